The topological polar surface area (TPSA) is 45.3 Å². The highest BCUT2D eigenvalue weighted by molar-refractivity contribution is 7.80. The van der Waals surface area contributed by atoms with E-state index in [-0.39, 0.29) is 0 Å². The van der Waals surface area contributed by atoms with E-state index in [4.69, 9.17) is 17.0 Å². The number of thiocarbonyl (C=S) groups is 1. The summed E-state index contributed by atoms with van der Waals surface area (Å²) in [4.78, 5) is 0. The van der Waals surface area contributed by atoms with Crippen molar-refractivity contribution >= 4 is 34.4 Å². The van der Waals surface area contributed by atoms with Gasteiger partial charge in [-0.05, 0) is 73.6 Å². The van der Waals surface area contributed by atoms with Crippen molar-refractivity contribution in [1.82, 2.24) is 5.32 Å². The first-order valence-corrected chi connectivity index (χ1v) is 8.72. The Bertz CT molecular complexity index is 664. The molecule has 0 aliphatic heterocycles. The minimum absolute atomic E-state index is 0.529. The number of methoxy groups -OCH3 is 1. The summed E-state index contributed by atoms with van der Waals surface area (Å²) < 4.78 is 5.17. The van der Waals surface area contributed by atoms with E-state index >= 15 is 0 Å². The van der Waals surface area contributed by atoms with Crippen LogP contribution in [0.3, 0.4) is 0 Å². The molecule has 2 aromatic carbocycles. The van der Waals surface area contributed by atoms with Gasteiger partial charge in [0.2, 0.25) is 0 Å². The highest BCUT2D eigenvalue weighted by atomic mass is 32.1. The minimum Gasteiger partial charge on any atom is -0.497 e. The normalized spacial score (nSPS) is 14.2. The monoisotopic (exact) mass is 341 g/mol. The van der Waals surface area contributed by atoms with Gasteiger partial charge in [0.1, 0.15) is 5.75 Å². The molecule has 0 unspecified atom stereocenters. The van der Waals surface area contributed by atoms with Crippen LogP contribution in [0.2, 0.25) is 0 Å². The minimum atomic E-state index is 0.529. The summed E-state index contributed by atoms with van der Waals surface area (Å²) in [7, 11) is 1.67. The first-order chi connectivity index (χ1) is 11.7. The molecule has 1 aliphatic rings. The summed E-state index contributed by atoms with van der Waals surface area (Å²) in [5.74, 6) is 0.850. The number of nitrogens with one attached hydrogen (secondary N) is 3. The van der Waals surface area contributed by atoms with Crippen molar-refractivity contribution in [1.29, 1.82) is 0 Å². The van der Waals surface area contributed by atoms with Crippen LogP contribution in [0.5, 0.6) is 5.75 Å². The molecule has 24 heavy (non-hydrogen) atoms. The van der Waals surface area contributed by atoms with Crippen molar-refractivity contribution in [3.05, 3.63) is 48.5 Å². The van der Waals surface area contributed by atoms with E-state index in [1.54, 1.807) is 7.11 Å². The van der Waals surface area contributed by atoms with Crippen LogP contribution < -0.4 is 20.7 Å². The molecule has 4 nitrogen and oxygen atoms in total. The van der Waals surface area contributed by atoms with Gasteiger partial charge in [-0.15, -0.1) is 0 Å². The van der Waals surface area contributed by atoms with Gasteiger partial charge in [0.05, 0.1) is 7.11 Å². The molecule has 0 aromatic heterocycles. The van der Waals surface area contributed by atoms with Crippen molar-refractivity contribution in [3.63, 3.8) is 0 Å². The van der Waals surface area contributed by atoms with Gasteiger partial charge < -0.3 is 20.7 Å². The Labute approximate surface area is 148 Å². The molecule has 3 rings (SSSR count). The van der Waals surface area contributed by atoms with Crippen LogP contribution in [0, 0.1) is 0 Å². The fourth-order valence-electron chi connectivity index (χ4n) is 2.90. The first kappa shape index (κ1) is 16.6. The third-order valence-corrected chi connectivity index (χ3v) is 4.43. The first-order valence-electron chi connectivity index (χ1n) is 8.31. The van der Waals surface area contributed by atoms with E-state index in [1.807, 2.05) is 48.5 Å². The zero-order chi connectivity index (χ0) is 16.8. The maximum atomic E-state index is 5.38. The number of hydrogen-bond donors (Lipinski definition) is 3. The van der Waals surface area contributed by atoms with E-state index < -0.39 is 0 Å². The third-order valence-electron chi connectivity index (χ3n) is 4.21. The average molecular weight is 341 g/mol. The summed E-state index contributed by atoms with van der Waals surface area (Å²) >= 11 is 5.38. The molecule has 0 heterocycles. The Balaban J connectivity index is 1.53. The van der Waals surface area contributed by atoms with Crippen LogP contribution in [-0.4, -0.2) is 18.3 Å². The van der Waals surface area contributed by atoms with Crippen molar-refractivity contribution in [2.75, 3.05) is 17.7 Å². The van der Waals surface area contributed by atoms with Crippen LogP contribution in [0.15, 0.2) is 48.5 Å². The molecule has 3 N–H and O–H groups in total. The molecular weight excluding hydrogens is 318 g/mol. The third kappa shape index (κ3) is 4.61. The predicted molar refractivity (Wildman–Crippen MR) is 104 cm³/mol. The zero-order valence-corrected chi connectivity index (χ0v) is 14.7. The second-order valence-corrected chi connectivity index (χ2v) is 6.42. The van der Waals surface area contributed by atoms with Gasteiger partial charge in [-0.25, -0.2) is 0 Å². The molecule has 0 atom stereocenters. The highest BCUT2D eigenvalue weighted by Gasteiger charge is 2.15. The Morgan fingerprint density at radius 1 is 0.917 bits per heavy atom. The smallest absolute Gasteiger partial charge is 0.170 e. The van der Waals surface area contributed by atoms with Crippen molar-refractivity contribution in [2.24, 2.45) is 0 Å². The molecule has 1 fully saturated rings. The number of anilines is 3. The maximum Gasteiger partial charge on any atom is 0.170 e. The zero-order valence-electron chi connectivity index (χ0n) is 13.8. The number of benzene rings is 2. The summed E-state index contributed by atoms with van der Waals surface area (Å²) in [6, 6.07) is 16.5. The summed E-state index contributed by atoms with van der Waals surface area (Å²) in [6.45, 7) is 0. The van der Waals surface area contributed by atoms with Gasteiger partial charge in [0.25, 0.3) is 0 Å². The predicted octanol–water partition coefficient (Wildman–Crippen LogP) is 4.67. The van der Waals surface area contributed by atoms with E-state index in [0.717, 1.165) is 22.8 Å². The number of hydrogen-bond acceptors (Lipinski definition) is 3. The average Bonchev–Trinajstić information content (AvgIpc) is 3.10. The molecule has 0 amide bonds. The molecule has 0 radical (unpaired) electrons. The second kappa shape index (κ2) is 8.02. The SMILES string of the molecule is COc1ccc(Nc2ccc(NC(=S)NC3CCCC3)cc2)cc1. The van der Waals surface area contributed by atoms with Gasteiger partial charge in [-0.1, -0.05) is 12.8 Å². The van der Waals surface area contributed by atoms with Gasteiger partial charge in [0.15, 0.2) is 5.11 Å². The van der Waals surface area contributed by atoms with E-state index in [2.05, 4.69) is 16.0 Å². The lowest BCUT2D eigenvalue weighted by Gasteiger charge is -2.16. The standard InChI is InChI=1S/C19H23N3OS/c1-23-18-12-10-16(11-13-18)20-15-6-8-17(9-7-15)22-19(24)21-14-4-2-3-5-14/h6-14,20H,2-5H2,1H3,(H2,21,22,24). The lowest BCUT2D eigenvalue weighted by molar-refractivity contribution is 0.415. The lowest BCUT2D eigenvalue weighted by Crippen LogP contribution is -2.35. The second-order valence-electron chi connectivity index (χ2n) is 6.01. The lowest BCUT2D eigenvalue weighted by atomic mass is 10.2. The summed E-state index contributed by atoms with van der Waals surface area (Å²) in [5, 5.41) is 10.7. The largest absolute Gasteiger partial charge is 0.497 e. The van der Waals surface area contributed by atoms with Gasteiger partial charge in [-0.3, -0.25) is 0 Å². The highest BCUT2D eigenvalue weighted by Crippen LogP contribution is 2.22. The van der Waals surface area contributed by atoms with Gasteiger partial charge in [0, 0.05) is 23.1 Å². The van der Waals surface area contributed by atoms with E-state index in [0.29, 0.717) is 11.2 Å². The maximum absolute atomic E-state index is 5.38. The van der Waals surface area contributed by atoms with Gasteiger partial charge in [-0.2, -0.15) is 0 Å². The quantitative estimate of drug-likeness (QED) is 0.690. The van der Waals surface area contributed by atoms with Crippen LogP contribution >= 0.6 is 12.2 Å². The molecule has 0 spiro atoms. The van der Waals surface area contributed by atoms with E-state index in [9.17, 15) is 0 Å². The van der Waals surface area contributed by atoms with Crippen LogP contribution in [-0.2, 0) is 0 Å². The fraction of sp³-hybridized carbons (Fsp3) is 0.316. The molecule has 126 valence electrons. The van der Waals surface area contributed by atoms with Crippen LogP contribution in [0.1, 0.15) is 25.7 Å². The molecule has 1 saturated carbocycles. The molecule has 1 aliphatic carbocycles. The Hall–Kier alpha value is -2.27. The van der Waals surface area contributed by atoms with Crippen molar-refractivity contribution < 1.29 is 4.74 Å². The van der Waals surface area contributed by atoms with Crippen LogP contribution in [0.4, 0.5) is 17.1 Å². The molecule has 0 saturated heterocycles. The summed E-state index contributed by atoms with van der Waals surface area (Å²) in [5.41, 5.74) is 3.04. The Morgan fingerprint density at radius 2 is 1.46 bits per heavy atom. The molecule has 2 aromatic rings. The van der Waals surface area contributed by atoms with Crippen molar-refractivity contribution in [3.8, 4) is 5.75 Å². The number of ether oxygens (including phenoxy) is 1. The molecule has 0 bridgehead atoms. The van der Waals surface area contributed by atoms with Crippen molar-refractivity contribution in [2.45, 2.75) is 31.7 Å². The van der Waals surface area contributed by atoms with E-state index in [1.165, 1.54) is 25.7 Å². The summed E-state index contributed by atoms with van der Waals surface area (Å²) in [6.07, 6.45) is 5.02. The Kier molecular flexibility index (Phi) is 5.54. The molecular formula is C19H23N3OS. The van der Waals surface area contributed by atoms with Gasteiger partial charge >= 0.3 is 0 Å². The molecule has 5 heteroatoms. The van der Waals surface area contributed by atoms with Crippen LogP contribution in [0.25, 0.3) is 0 Å². The number of rotatable bonds is 5. The fourth-order valence-corrected chi connectivity index (χ4v) is 3.19. The Morgan fingerprint density at radius 3 is 2.04 bits per heavy atom.